The number of nitrogens with zero attached hydrogens (tertiary/aromatic N) is 5. The average molecular weight is 370 g/mol. The number of aryl methyl sites for hydroxylation is 1. The van der Waals surface area contributed by atoms with E-state index in [1.807, 2.05) is 24.0 Å². The van der Waals surface area contributed by atoms with E-state index in [1.165, 1.54) is 24.5 Å². The molecule has 1 aliphatic rings. The quantitative estimate of drug-likeness (QED) is 0.750. The largest absolute Gasteiger partial charge is 0.341 e. The molecule has 2 atom stereocenters. The van der Waals surface area contributed by atoms with Crippen LogP contribution in [0.15, 0.2) is 30.6 Å². The van der Waals surface area contributed by atoms with E-state index in [9.17, 15) is 4.39 Å². The molecule has 1 N–H and O–H groups in total. The van der Waals surface area contributed by atoms with Gasteiger partial charge in [-0.25, -0.2) is 9.37 Å². The Labute approximate surface area is 159 Å². The third kappa shape index (κ3) is 3.75. The van der Waals surface area contributed by atoms with Gasteiger partial charge in [0.05, 0.1) is 18.3 Å². The smallest absolute Gasteiger partial charge is 0.151 e. The molecule has 0 bridgehead atoms. The summed E-state index contributed by atoms with van der Waals surface area (Å²) >= 11 is 0. The summed E-state index contributed by atoms with van der Waals surface area (Å²) in [4.78, 5) is 12.4. The Morgan fingerprint density at radius 3 is 2.93 bits per heavy atom. The van der Waals surface area contributed by atoms with E-state index in [2.05, 4.69) is 45.2 Å². The molecule has 2 aromatic heterocycles. The number of rotatable bonds is 5. The highest BCUT2D eigenvalue weighted by Gasteiger charge is 2.32. The van der Waals surface area contributed by atoms with Crippen LogP contribution in [0.2, 0.25) is 0 Å². The maximum absolute atomic E-state index is 13.9. The molecule has 7 heteroatoms. The van der Waals surface area contributed by atoms with Crippen molar-refractivity contribution in [3.05, 3.63) is 47.8 Å². The zero-order valence-corrected chi connectivity index (χ0v) is 16.2. The summed E-state index contributed by atoms with van der Waals surface area (Å²) in [6.45, 7) is 2.75. The molecule has 144 valence electrons. The van der Waals surface area contributed by atoms with Crippen LogP contribution in [-0.4, -0.2) is 56.7 Å². The maximum Gasteiger partial charge on any atom is 0.151 e. The van der Waals surface area contributed by atoms with Crippen molar-refractivity contribution in [2.45, 2.75) is 25.4 Å². The molecule has 0 unspecified atom stereocenters. The van der Waals surface area contributed by atoms with Crippen molar-refractivity contribution in [3.63, 3.8) is 0 Å². The van der Waals surface area contributed by atoms with Gasteiger partial charge in [-0.05, 0) is 51.5 Å². The molecular formula is C20H27FN6. The number of fused-ring (bicyclic) bond motifs is 1. The van der Waals surface area contributed by atoms with Gasteiger partial charge in [0.15, 0.2) is 5.82 Å². The van der Waals surface area contributed by atoms with Gasteiger partial charge in [0, 0.05) is 31.4 Å². The second-order valence-corrected chi connectivity index (χ2v) is 7.79. The lowest BCUT2D eigenvalue weighted by Crippen LogP contribution is -2.40. The average Bonchev–Trinajstić information content (AvgIpc) is 3.21. The van der Waals surface area contributed by atoms with Crippen molar-refractivity contribution in [1.82, 2.24) is 29.5 Å². The van der Waals surface area contributed by atoms with Crippen LogP contribution in [0.4, 0.5) is 4.39 Å². The van der Waals surface area contributed by atoms with E-state index < -0.39 is 0 Å². The zero-order chi connectivity index (χ0) is 19.0. The lowest BCUT2D eigenvalue weighted by atomic mass is 9.86. The van der Waals surface area contributed by atoms with Gasteiger partial charge in [-0.15, -0.1) is 0 Å². The van der Waals surface area contributed by atoms with Crippen molar-refractivity contribution in [1.29, 1.82) is 0 Å². The fourth-order valence-corrected chi connectivity index (χ4v) is 4.41. The number of nitrogens with one attached hydrogen (secondary N) is 1. The van der Waals surface area contributed by atoms with Crippen LogP contribution in [0.1, 0.15) is 30.3 Å². The first-order chi connectivity index (χ1) is 13.0. The molecule has 27 heavy (non-hydrogen) atoms. The summed E-state index contributed by atoms with van der Waals surface area (Å²) in [6, 6.07) is 5.40. The Morgan fingerprint density at radius 1 is 1.33 bits per heavy atom. The van der Waals surface area contributed by atoms with Gasteiger partial charge in [-0.1, -0.05) is 6.07 Å². The summed E-state index contributed by atoms with van der Waals surface area (Å²) in [5.74, 6) is 1.06. The van der Waals surface area contributed by atoms with E-state index in [0.717, 1.165) is 24.4 Å². The number of aromatic amines is 1. The fraction of sp³-hybridized carbons (Fsp3) is 0.500. The third-order valence-corrected chi connectivity index (χ3v) is 5.55. The minimum absolute atomic E-state index is 0.275. The molecule has 0 saturated carbocycles. The second kappa shape index (κ2) is 7.40. The number of hydrogen-bond donors (Lipinski definition) is 1. The van der Waals surface area contributed by atoms with Crippen LogP contribution in [0.3, 0.4) is 0 Å². The van der Waals surface area contributed by atoms with Gasteiger partial charge < -0.3 is 4.98 Å². The normalized spacial score (nSPS) is 21.4. The first-order valence-electron chi connectivity index (χ1n) is 9.51. The third-order valence-electron chi connectivity index (χ3n) is 5.55. The standard InChI is InChI=1S/C20H27FN6/c1-25(13-18-23-17-8-4-7-16(21)19(17)24-18)11-14-6-5-9-26(2)20(14)15-10-22-27(3)12-15/h4,7-8,10,12,14,20H,5-6,9,11,13H2,1-3H3,(H,23,24)/t14-,20+/m0/s1. The highest BCUT2D eigenvalue weighted by molar-refractivity contribution is 5.75. The Bertz CT molecular complexity index is 916. The number of para-hydroxylation sites is 1. The second-order valence-electron chi connectivity index (χ2n) is 7.79. The minimum atomic E-state index is -0.275. The zero-order valence-electron chi connectivity index (χ0n) is 16.2. The van der Waals surface area contributed by atoms with Crippen molar-refractivity contribution in [2.24, 2.45) is 13.0 Å². The summed E-state index contributed by atoms with van der Waals surface area (Å²) in [6.07, 6.45) is 6.52. The molecule has 1 aliphatic heterocycles. The monoisotopic (exact) mass is 370 g/mol. The Morgan fingerprint density at radius 2 is 2.19 bits per heavy atom. The summed E-state index contributed by atoms with van der Waals surface area (Å²) < 4.78 is 15.8. The van der Waals surface area contributed by atoms with E-state index in [-0.39, 0.29) is 5.82 Å². The molecule has 0 radical (unpaired) electrons. The minimum Gasteiger partial charge on any atom is -0.341 e. The topological polar surface area (TPSA) is 53.0 Å². The molecule has 3 aromatic rings. The van der Waals surface area contributed by atoms with Gasteiger partial charge in [-0.3, -0.25) is 14.5 Å². The lowest BCUT2D eigenvalue weighted by Gasteiger charge is -2.40. The van der Waals surface area contributed by atoms with Crippen LogP contribution in [0.25, 0.3) is 11.0 Å². The van der Waals surface area contributed by atoms with Crippen molar-refractivity contribution >= 4 is 11.0 Å². The SMILES string of the molecule is CN(Cc1nc2c(F)cccc2[nH]1)C[C@@H]1CCCN(C)[C@H]1c1cnn(C)c1. The van der Waals surface area contributed by atoms with Crippen LogP contribution >= 0.6 is 0 Å². The number of benzene rings is 1. The Balaban J connectivity index is 1.48. The molecule has 0 aliphatic carbocycles. The molecule has 6 nitrogen and oxygen atoms in total. The molecule has 1 saturated heterocycles. The van der Waals surface area contributed by atoms with Gasteiger partial charge in [0.2, 0.25) is 0 Å². The molecule has 1 fully saturated rings. The number of imidazole rings is 1. The summed E-state index contributed by atoms with van der Waals surface area (Å²) in [5, 5.41) is 4.37. The van der Waals surface area contributed by atoms with E-state index in [1.54, 1.807) is 6.07 Å². The number of aromatic nitrogens is 4. The van der Waals surface area contributed by atoms with E-state index in [4.69, 9.17) is 0 Å². The highest BCUT2D eigenvalue weighted by Crippen LogP contribution is 2.35. The van der Waals surface area contributed by atoms with Crippen molar-refractivity contribution in [3.8, 4) is 0 Å². The van der Waals surface area contributed by atoms with Crippen LogP contribution < -0.4 is 0 Å². The number of halogens is 1. The van der Waals surface area contributed by atoms with Gasteiger partial charge >= 0.3 is 0 Å². The highest BCUT2D eigenvalue weighted by atomic mass is 19.1. The van der Waals surface area contributed by atoms with Gasteiger partial charge in [-0.2, -0.15) is 5.10 Å². The van der Waals surface area contributed by atoms with E-state index in [0.29, 0.717) is 24.0 Å². The predicted octanol–water partition coefficient (Wildman–Crippen LogP) is 2.95. The fourth-order valence-electron chi connectivity index (χ4n) is 4.41. The molecule has 0 spiro atoms. The molecular weight excluding hydrogens is 343 g/mol. The summed E-state index contributed by atoms with van der Waals surface area (Å²) in [7, 11) is 6.28. The number of likely N-dealkylation sites (tertiary alicyclic amines) is 1. The lowest BCUT2D eigenvalue weighted by molar-refractivity contribution is 0.0920. The van der Waals surface area contributed by atoms with Gasteiger partial charge in [0.25, 0.3) is 0 Å². The Hall–Kier alpha value is -2.25. The van der Waals surface area contributed by atoms with Crippen LogP contribution in [-0.2, 0) is 13.6 Å². The summed E-state index contributed by atoms with van der Waals surface area (Å²) in [5.41, 5.74) is 2.46. The van der Waals surface area contributed by atoms with Gasteiger partial charge in [0.1, 0.15) is 11.3 Å². The molecule has 1 aromatic carbocycles. The molecule has 3 heterocycles. The first-order valence-corrected chi connectivity index (χ1v) is 9.51. The first kappa shape index (κ1) is 18.1. The predicted molar refractivity (Wildman–Crippen MR) is 104 cm³/mol. The van der Waals surface area contributed by atoms with Crippen molar-refractivity contribution < 1.29 is 4.39 Å². The maximum atomic E-state index is 13.9. The number of hydrogen-bond acceptors (Lipinski definition) is 4. The van der Waals surface area contributed by atoms with Crippen LogP contribution in [0, 0.1) is 11.7 Å². The molecule has 0 amide bonds. The van der Waals surface area contributed by atoms with Crippen LogP contribution in [0.5, 0.6) is 0 Å². The Kier molecular flexibility index (Phi) is 4.97. The number of H-pyrrole nitrogens is 1. The van der Waals surface area contributed by atoms with Crippen molar-refractivity contribution in [2.75, 3.05) is 27.2 Å². The number of piperidine rings is 1. The molecule has 4 rings (SSSR count). The van der Waals surface area contributed by atoms with E-state index >= 15 is 0 Å².